The molecule has 3 unspecified atom stereocenters. The second-order valence-electron chi connectivity index (χ2n) is 4.09. The van der Waals surface area contributed by atoms with E-state index in [1.807, 2.05) is 6.92 Å². The number of carbonyl (C=O) groups is 1. The Hall–Kier alpha value is -0.730. The van der Waals surface area contributed by atoms with Gasteiger partial charge in [0.15, 0.2) is 12.4 Å². The number of carboxylic acid groups (broad SMARTS) is 1. The standard InChI is InChI=1S/C10H18O7/c1-3-4(2)16-10-7(13)5(11)6(12)8(17-10)9(14)15/h4-8,10-13H,3H2,1-2H3,(H,14,15)/t4?,5-,6-,7?,8?,10-/m0/s1. The van der Waals surface area contributed by atoms with E-state index in [4.69, 9.17) is 14.6 Å². The van der Waals surface area contributed by atoms with Gasteiger partial charge in [-0.2, -0.15) is 0 Å². The van der Waals surface area contributed by atoms with Crippen molar-refractivity contribution in [3.8, 4) is 0 Å². The Labute approximate surface area is 98.6 Å². The van der Waals surface area contributed by atoms with Gasteiger partial charge in [-0.15, -0.1) is 0 Å². The molecule has 4 N–H and O–H groups in total. The SMILES string of the molecule is CCC(C)O[C@H]1OC(C(=O)O)[C@@H](O)[C@H](O)C1O. The molecule has 100 valence electrons. The maximum absolute atomic E-state index is 10.8. The quantitative estimate of drug-likeness (QED) is 0.489. The maximum Gasteiger partial charge on any atom is 0.335 e. The maximum atomic E-state index is 10.8. The molecule has 0 aromatic rings. The highest BCUT2D eigenvalue weighted by molar-refractivity contribution is 5.73. The summed E-state index contributed by atoms with van der Waals surface area (Å²) in [4.78, 5) is 10.8. The Balaban J connectivity index is 2.74. The molecular weight excluding hydrogens is 232 g/mol. The van der Waals surface area contributed by atoms with Crippen molar-refractivity contribution in [2.24, 2.45) is 0 Å². The fraction of sp³-hybridized carbons (Fsp3) is 0.900. The summed E-state index contributed by atoms with van der Waals surface area (Å²) in [6.45, 7) is 3.57. The second-order valence-corrected chi connectivity index (χ2v) is 4.09. The fourth-order valence-corrected chi connectivity index (χ4v) is 1.49. The van der Waals surface area contributed by atoms with Crippen molar-refractivity contribution in [2.75, 3.05) is 0 Å². The van der Waals surface area contributed by atoms with Crippen LogP contribution in [0.4, 0.5) is 0 Å². The van der Waals surface area contributed by atoms with E-state index >= 15 is 0 Å². The molecule has 0 spiro atoms. The van der Waals surface area contributed by atoms with Crippen LogP contribution in [0.25, 0.3) is 0 Å². The Morgan fingerprint density at radius 2 is 1.88 bits per heavy atom. The van der Waals surface area contributed by atoms with Gasteiger partial charge < -0.3 is 29.9 Å². The second kappa shape index (κ2) is 5.74. The Kier molecular flexibility index (Phi) is 4.84. The molecule has 1 rings (SSSR count). The van der Waals surface area contributed by atoms with E-state index in [1.165, 1.54) is 0 Å². The predicted molar refractivity (Wildman–Crippen MR) is 55.2 cm³/mol. The summed E-state index contributed by atoms with van der Waals surface area (Å²) in [6.07, 6.45) is -7.26. The zero-order chi connectivity index (χ0) is 13.2. The lowest BCUT2D eigenvalue weighted by atomic mass is 9.99. The van der Waals surface area contributed by atoms with Crippen LogP contribution in [0.1, 0.15) is 20.3 Å². The molecule has 7 heteroatoms. The van der Waals surface area contributed by atoms with Crippen LogP contribution < -0.4 is 0 Å². The van der Waals surface area contributed by atoms with Gasteiger partial charge in [-0.3, -0.25) is 0 Å². The van der Waals surface area contributed by atoms with Gasteiger partial charge in [-0.25, -0.2) is 4.79 Å². The number of rotatable bonds is 4. The minimum atomic E-state index is -1.68. The highest BCUT2D eigenvalue weighted by Gasteiger charge is 2.47. The van der Waals surface area contributed by atoms with Crippen molar-refractivity contribution in [1.29, 1.82) is 0 Å². The first kappa shape index (κ1) is 14.3. The van der Waals surface area contributed by atoms with Gasteiger partial charge in [-0.05, 0) is 13.3 Å². The highest BCUT2D eigenvalue weighted by atomic mass is 16.7. The fourth-order valence-electron chi connectivity index (χ4n) is 1.49. The van der Waals surface area contributed by atoms with Crippen LogP contribution in [0, 0.1) is 0 Å². The first-order valence-electron chi connectivity index (χ1n) is 5.46. The van der Waals surface area contributed by atoms with Crippen molar-refractivity contribution in [3.05, 3.63) is 0 Å². The van der Waals surface area contributed by atoms with Crippen molar-refractivity contribution in [3.63, 3.8) is 0 Å². The number of carboxylic acids is 1. The van der Waals surface area contributed by atoms with Gasteiger partial charge in [0.1, 0.15) is 18.3 Å². The largest absolute Gasteiger partial charge is 0.479 e. The van der Waals surface area contributed by atoms with Crippen LogP contribution in [-0.4, -0.2) is 63.2 Å². The molecule has 1 heterocycles. The summed E-state index contributed by atoms with van der Waals surface area (Å²) in [6, 6.07) is 0. The lowest BCUT2D eigenvalue weighted by Crippen LogP contribution is -2.60. The first-order valence-corrected chi connectivity index (χ1v) is 5.46. The summed E-state index contributed by atoms with van der Waals surface area (Å²) in [5, 5.41) is 37.3. The lowest BCUT2D eigenvalue weighted by molar-refractivity contribution is -0.303. The Morgan fingerprint density at radius 3 is 2.35 bits per heavy atom. The van der Waals surface area contributed by atoms with Crippen LogP contribution in [0.15, 0.2) is 0 Å². The van der Waals surface area contributed by atoms with Crippen LogP contribution in [0.5, 0.6) is 0 Å². The monoisotopic (exact) mass is 250 g/mol. The first-order chi connectivity index (χ1) is 7.88. The zero-order valence-corrected chi connectivity index (χ0v) is 9.68. The van der Waals surface area contributed by atoms with Gasteiger partial charge in [0, 0.05) is 0 Å². The number of hydrogen-bond donors (Lipinski definition) is 4. The van der Waals surface area contributed by atoms with Gasteiger partial charge in [0.25, 0.3) is 0 Å². The molecule has 0 aromatic heterocycles. The minimum absolute atomic E-state index is 0.258. The van der Waals surface area contributed by atoms with E-state index in [1.54, 1.807) is 6.92 Å². The third kappa shape index (κ3) is 3.14. The van der Waals surface area contributed by atoms with Crippen LogP contribution in [-0.2, 0) is 14.3 Å². The van der Waals surface area contributed by atoms with E-state index < -0.39 is 36.7 Å². The van der Waals surface area contributed by atoms with Gasteiger partial charge >= 0.3 is 5.97 Å². The number of ether oxygens (including phenoxy) is 2. The van der Waals surface area contributed by atoms with Gasteiger partial charge in [-0.1, -0.05) is 6.92 Å². The van der Waals surface area contributed by atoms with Crippen LogP contribution >= 0.6 is 0 Å². The molecule has 1 aliphatic heterocycles. The lowest BCUT2D eigenvalue weighted by Gasteiger charge is -2.39. The molecule has 17 heavy (non-hydrogen) atoms. The van der Waals surface area contributed by atoms with Crippen LogP contribution in [0.3, 0.4) is 0 Å². The number of hydrogen-bond acceptors (Lipinski definition) is 6. The molecule has 6 atom stereocenters. The predicted octanol–water partition coefficient (Wildman–Crippen LogP) is -1.31. The average molecular weight is 250 g/mol. The molecule has 0 aromatic carbocycles. The Morgan fingerprint density at radius 1 is 1.29 bits per heavy atom. The summed E-state index contributed by atoms with van der Waals surface area (Å²) in [5.74, 6) is -1.42. The minimum Gasteiger partial charge on any atom is -0.479 e. The average Bonchev–Trinajstić information content (AvgIpc) is 2.29. The molecule has 0 saturated carbocycles. The number of aliphatic carboxylic acids is 1. The highest BCUT2D eigenvalue weighted by Crippen LogP contribution is 2.23. The third-order valence-electron chi connectivity index (χ3n) is 2.75. The molecule has 0 bridgehead atoms. The molecule has 1 aliphatic rings. The van der Waals surface area contributed by atoms with E-state index in [0.29, 0.717) is 6.42 Å². The zero-order valence-electron chi connectivity index (χ0n) is 9.68. The van der Waals surface area contributed by atoms with Crippen molar-refractivity contribution >= 4 is 5.97 Å². The molecule has 1 saturated heterocycles. The van der Waals surface area contributed by atoms with Crippen molar-refractivity contribution < 1.29 is 34.7 Å². The number of aliphatic hydroxyl groups excluding tert-OH is 3. The molecule has 0 aliphatic carbocycles. The topological polar surface area (TPSA) is 116 Å². The summed E-state index contributed by atoms with van der Waals surface area (Å²) in [5.41, 5.74) is 0. The van der Waals surface area contributed by atoms with E-state index in [2.05, 4.69) is 0 Å². The summed E-state index contributed by atoms with van der Waals surface area (Å²) < 4.78 is 10.2. The van der Waals surface area contributed by atoms with Gasteiger partial charge in [0.05, 0.1) is 6.10 Å². The van der Waals surface area contributed by atoms with Crippen molar-refractivity contribution in [2.45, 2.75) is 57.1 Å². The third-order valence-corrected chi connectivity index (χ3v) is 2.75. The summed E-state index contributed by atoms with van der Waals surface area (Å²) in [7, 11) is 0. The molecular formula is C10H18O7. The van der Waals surface area contributed by atoms with Gasteiger partial charge in [0.2, 0.25) is 0 Å². The normalized spacial score (nSPS) is 39.9. The molecule has 7 nitrogen and oxygen atoms in total. The molecule has 1 fully saturated rings. The smallest absolute Gasteiger partial charge is 0.335 e. The summed E-state index contributed by atoms with van der Waals surface area (Å²) >= 11 is 0. The Bertz CT molecular complexity index is 269. The molecule has 0 amide bonds. The molecule has 0 radical (unpaired) electrons. The van der Waals surface area contributed by atoms with Crippen LogP contribution in [0.2, 0.25) is 0 Å². The number of aliphatic hydroxyl groups is 3. The van der Waals surface area contributed by atoms with E-state index in [9.17, 15) is 20.1 Å². The van der Waals surface area contributed by atoms with E-state index in [0.717, 1.165) is 0 Å². The van der Waals surface area contributed by atoms with Crippen molar-refractivity contribution in [1.82, 2.24) is 0 Å². The van der Waals surface area contributed by atoms with E-state index in [-0.39, 0.29) is 6.10 Å².